The van der Waals surface area contributed by atoms with Crippen LogP contribution in [0, 0.1) is 6.92 Å². The second kappa shape index (κ2) is 7.19. The van der Waals surface area contributed by atoms with Crippen LogP contribution in [0.2, 0.25) is 0 Å². The first-order chi connectivity index (χ1) is 8.73. The van der Waals surface area contributed by atoms with Crippen molar-refractivity contribution in [2.24, 2.45) is 5.73 Å². The van der Waals surface area contributed by atoms with Gasteiger partial charge < -0.3 is 15.6 Å². The van der Waals surface area contributed by atoms with E-state index in [-0.39, 0.29) is 34.8 Å². The fourth-order valence-electron chi connectivity index (χ4n) is 1.52. The van der Waals surface area contributed by atoms with Gasteiger partial charge in [0.15, 0.2) is 0 Å². The van der Waals surface area contributed by atoms with E-state index in [0.717, 1.165) is 0 Å². The first-order valence-corrected chi connectivity index (χ1v) is 6.31. The Morgan fingerprint density at radius 1 is 1.55 bits per heavy atom. The van der Waals surface area contributed by atoms with Crippen LogP contribution in [0.5, 0.6) is 5.75 Å². The summed E-state index contributed by atoms with van der Waals surface area (Å²) in [5.41, 5.74) is 5.59. The highest BCUT2D eigenvalue weighted by Gasteiger charge is 2.49. The van der Waals surface area contributed by atoms with Crippen molar-refractivity contribution in [2.45, 2.75) is 25.8 Å². The summed E-state index contributed by atoms with van der Waals surface area (Å²) in [6.45, 7) is 2.78. The molecule has 1 aromatic carbocycles. The van der Waals surface area contributed by atoms with Gasteiger partial charge in [0.1, 0.15) is 11.8 Å². The fourth-order valence-corrected chi connectivity index (χ4v) is 2.09. The Kier molecular flexibility index (Phi) is 6.86. The first-order valence-electron chi connectivity index (χ1n) is 5.52. The molecule has 4 nitrogen and oxygen atoms in total. The van der Waals surface area contributed by atoms with Crippen LogP contribution in [0.25, 0.3) is 0 Å². The Bertz CT molecular complexity index is 500. The fraction of sp³-hybridized carbons (Fsp3) is 0.417. The quantitative estimate of drug-likeness (QED) is 0.795. The van der Waals surface area contributed by atoms with Gasteiger partial charge in [0.25, 0.3) is 0 Å². The highest BCUT2D eigenvalue weighted by atomic mass is 79.9. The first kappa shape index (κ1) is 19.1. The Hall–Kier alpha value is -0.920. The van der Waals surface area contributed by atoms with Gasteiger partial charge in [0, 0.05) is 10.0 Å². The zero-order chi connectivity index (χ0) is 14.8. The molecule has 1 atom stereocenters. The molecule has 1 aromatic rings. The maximum absolute atomic E-state index is 13.8. The molecule has 0 bridgehead atoms. The molecule has 3 N–H and O–H groups in total. The minimum Gasteiger partial charge on any atom is -0.507 e. The number of phenolic OH excluding ortho intramolecular Hbond substituents is 1. The van der Waals surface area contributed by atoms with Crippen LogP contribution in [0.15, 0.2) is 16.6 Å². The van der Waals surface area contributed by atoms with E-state index < -0.39 is 17.9 Å². The number of esters is 1. The minimum absolute atomic E-state index is 0. The molecular weight excluding hydrogens is 359 g/mol. The van der Waals surface area contributed by atoms with Crippen LogP contribution >= 0.6 is 28.3 Å². The lowest BCUT2D eigenvalue weighted by atomic mass is 9.98. The number of aryl methyl sites for hydroxylation is 1. The molecule has 0 saturated carbocycles. The number of aromatic hydroxyl groups is 1. The average molecular weight is 375 g/mol. The Morgan fingerprint density at radius 3 is 2.60 bits per heavy atom. The van der Waals surface area contributed by atoms with E-state index in [0.29, 0.717) is 5.56 Å². The molecule has 0 aromatic heterocycles. The molecule has 0 aliphatic heterocycles. The molecule has 8 heteroatoms. The van der Waals surface area contributed by atoms with Crippen molar-refractivity contribution >= 4 is 34.3 Å². The third-order valence-corrected chi connectivity index (χ3v) is 3.31. The van der Waals surface area contributed by atoms with E-state index >= 15 is 0 Å². The average Bonchev–Trinajstić information content (AvgIpc) is 2.34. The number of carbonyl (C=O) groups is 1. The van der Waals surface area contributed by atoms with Crippen molar-refractivity contribution in [3.8, 4) is 5.75 Å². The standard InChI is InChI=1S/C12H14BrF2NO3.ClH/c1-3-19-11(18)12(14,15)10(16)8-7(13)5-4-6(2)9(8)17;/h4-5,10,17H,3,16H2,1-2H3;1H/t10-;/m0./s1. The van der Waals surface area contributed by atoms with Crippen LogP contribution in [0.4, 0.5) is 8.78 Å². The molecule has 0 fully saturated rings. The molecule has 0 unspecified atom stereocenters. The maximum atomic E-state index is 13.8. The van der Waals surface area contributed by atoms with E-state index in [4.69, 9.17) is 5.73 Å². The van der Waals surface area contributed by atoms with Crippen LogP contribution < -0.4 is 5.73 Å². The zero-order valence-electron chi connectivity index (χ0n) is 10.8. The summed E-state index contributed by atoms with van der Waals surface area (Å²) >= 11 is 3.04. The molecule has 0 spiro atoms. The molecule has 0 amide bonds. The lowest BCUT2D eigenvalue weighted by molar-refractivity contribution is -0.174. The smallest absolute Gasteiger partial charge is 0.379 e. The van der Waals surface area contributed by atoms with Crippen molar-refractivity contribution < 1.29 is 23.4 Å². The van der Waals surface area contributed by atoms with Gasteiger partial charge in [-0.1, -0.05) is 22.0 Å². The number of alkyl halides is 2. The van der Waals surface area contributed by atoms with E-state index in [1.54, 1.807) is 6.92 Å². The topological polar surface area (TPSA) is 72.5 Å². The van der Waals surface area contributed by atoms with Gasteiger partial charge in [0.05, 0.1) is 6.61 Å². The Labute approximate surface area is 129 Å². The highest BCUT2D eigenvalue weighted by Crippen LogP contribution is 2.40. The van der Waals surface area contributed by atoms with Crippen molar-refractivity contribution in [3.05, 3.63) is 27.7 Å². The number of rotatable bonds is 4. The highest BCUT2D eigenvalue weighted by molar-refractivity contribution is 9.10. The van der Waals surface area contributed by atoms with Crippen LogP contribution in [-0.2, 0) is 9.53 Å². The largest absolute Gasteiger partial charge is 0.507 e. The van der Waals surface area contributed by atoms with Gasteiger partial charge >= 0.3 is 11.9 Å². The molecule has 20 heavy (non-hydrogen) atoms. The molecule has 0 saturated heterocycles. The van der Waals surface area contributed by atoms with E-state index in [2.05, 4.69) is 20.7 Å². The number of ether oxygens (including phenoxy) is 1. The number of phenols is 1. The second-order valence-corrected chi connectivity index (χ2v) is 4.80. The monoisotopic (exact) mass is 373 g/mol. The molecular formula is C12H15BrClF2NO3. The summed E-state index contributed by atoms with van der Waals surface area (Å²) in [6.07, 6.45) is 0. The van der Waals surface area contributed by atoms with Crippen LogP contribution in [-0.4, -0.2) is 23.6 Å². The third kappa shape index (κ3) is 3.59. The van der Waals surface area contributed by atoms with Gasteiger partial charge in [-0.25, -0.2) is 4.79 Å². The Balaban J connectivity index is 0.00000361. The number of carbonyl (C=O) groups excluding carboxylic acids is 1. The second-order valence-electron chi connectivity index (χ2n) is 3.95. The number of halogens is 4. The molecule has 0 heterocycles. The minimum atomic E-state index is -3.93. The Morgan fingerprint density at radius 2 is 2.10 bits per heavy atom. The third-order valence-electron chi connectivity index (χ3n) is 2.61. The summed E-state index contributed by atoms with van der Waals surface area (Å²) in [4.78, 5) is 11.2. The van der Waals surface area contributed by atoms with Crippen molar-refractivity contribution in [1.82, 2.24) is 0 Å². The number of hydrogen-bond donors (Lipinski definition) is 2. The molecule has 114 valence electrons. The zero-order valence-corrected chi connectivity index (χ0v) is 13.2. The van der Waals surface area contributed by atoms with Gasteiger partial charge in [-0.2, -0.15) is 8.78 Å². The van der Waals surface area contributed by atoms with E-state index in [1.165, 1.54) is 19.1 Å². The summed E-state index contributed by atoms with van der Waals surface area (Å²) in [7, 11) is 0. The van der Waals surface area contributed by atoms with Gasteiger partial charge in [0.2, 0.25) is 0 Å². The summed E-state index contributed by atoms with van der Waals surface area (Å²) in [6, 6.07) is 1.02. The lowest BCUT2D eigenvalue weighted by Crippen LogP contribution is -2.42. The maximum Gasteiger partial charge on any atom is 0.379 e. The SMILES string of the molecule is CCOC(=O)C(F)(F)[C@@H](N)c1c(Br)ccc(C)c1O.Cl. The summed E-state index contributed by atoms with van der Waals surface area (Å²) < 4.78 is 32.2. The number of nitrogens with two attached hydrogens (primary N) is 1. The van der Waals surface area contributed by atoms with Crippen molar-refractivity contribution in [2.75, 3.05) is 6.61 Å². The summed E-state index contributed by atoms with van der Waals surface area (Å²) in [5.74, 6) is -6.01. The van der Waals surface area contributed by atoms with E-state index in [9.17, 15) is 18.7 Å². The molecule has 0 radical (unpaired) electrons. The molecule has 0 aliphatic carbocycles. The normalized spacial score (nSPS) is 12.5. The van der Waals surface area contributed by atoms with Crippen molar-refractivity contribution in [1.29, 1.82) is 0 Å². The van der Waals surface area contributed by atoms with E-state index in [1.807, 2.05) is 0 Å². The number of benzene rings is 1. The predicted octanol–water partition coefficient (Wildman–Crippen LogP) is 3.08. The van der Waals surface area contributed by atoms with Crippen LogP contribution in [0.1, 0.15) is 24.1 Å². The molecule has 1 rings (SSSR count). The number of hydrogen-bond acceptors (Lipinski definition) is 4. The van der Waals surface area contributed by atoms with Crippen molar-refractivity contribution in [3.63, 3.8) is 0 Å². The van der Waals surface area contributed by atoms with Gasteiger partial charge in [-0.3, -0.25) is 0 Å². The van der Waals surface area contributed by atoms with Gasteiger partial charge in [-0.05, 0) is 25.5 Å². The summed E-state index contributed by atoms with van der Waals surface area (Å²) in [5, 5.41) is 9.83. The van der Waals surface area contributed by atoms with Gasteiger partial charge in [-0.15, -0.1) is 12.4 Å². The predicted molar refractivity (Wildman–Crippen MR) is 76.3 cm³/mol. The van der Waals surface area contributed by atoms with Crippen LogP contribution in [0.3, 0.4) is 0 Å². The molecule has 0 aliphatic rings. The lowest BCUT2D eigenvalue weighted by Gasteiger charge is -2.24.